The van der Waals surface area contributed by atoms with E-state index in [1.807, 2.05) is 0 Å². The lowest BCUT2D eigenvalue weighted by molar-refractivity contribution is 0.149. The van der Waals surface area contributed by atoms with Gasteiger partial charge in [0, 0.05) is 32.8 Å². The van der Waals surface area contributed by atoms with Gasteiger partial charge < -0.3 is 14.9 Å². The molecule has 17 heavy (non-hydrogen) atoms. The van der Waals surface area contributed by atoms with Crippen LogP contribution < -0.4 is 0 Å². The first kappa shape index (κ1) is 14.9. The quantitative estimate of drug-likeness (QED) is 0.658. The molecule has 1 fully saturated rings. The second-order valence-electron chi connectivity index (χ2n) is 5.48. The predicted octanol–water partition coefficient (Wildman–Crippen LogP) is 1.81. The second kappa shape index (κ2) is 8.90. The number of aliphatic hydroxyl groups is 1. The van der Waals surface area contributed by atoms with E-state index in [1.165, 1.54) is 64.8 Å². The van der Waals surface area contributed by atoms with E-state index in [0.717, 1.165) is 0 Å². The van der Waals surface area contributed by atoms with Crippen molar-refractivity contribution in [2.24, 2.45) is 5.92 Å². The van der Waals surface area contributed by atoms with E-state index < -0.39 is 0 Å². The molecule has 3 heteroatoms. The van der Waals surface area contributed by atoms with Crippen LogP contribution in [0.4, 0.5) is 0 Å². The van der Waals surface area contributed by atoms with Crippen LogP contribution in [0.5, 0.6) is 0 Å². The first-order valence-electron chi connectivity index (χ1n) is 7.28. The van der Waals surface area contributed by atoms with Crippen molar-refractivity contribution >= 4 is 0 Å². The van der Waals surface area contributed by atoms with E-state index >= 15 is 0 Å². The van der Waals surface area contributed by atoms with Crippen LogP contribution in [-0.2, 0) is 0 Å². The summed E-state index contributed by atoms with van der Waals surface area (Å²) in [5.41, 5.74) is 0. The Morgan fingerprint density at radius 3 is 2.35 bits per heavy atom. The normalized spacial score (nSPS) is 20.6. The lowest BCUT2D eigenvalue weighted by Crippen LogP contribution is -2.44. The molecule has 0 bridgehead atoms. The summed E-state index contributed by atoms with van der Waals surface area (Å²) in [4.78, 5) is 4.98. The first-order chi connectivity index (χ1) is 8.26. The molecule has 1 heterocycles. The van der Waals surface area contributed by atoms with E-state index in [1.54, 1.807) is 0 Å². The summed E-state index contributed by atoms with van der Waals surface area (Å²) in [6.07, 6.45) is 6.16. The number of hydrogen-bond donors (Lipinski definition) is 1. The molecule has 0 spiro atoms. The van der Waals surface area contributed by atoms with Gasteiger partial charge in [0.05, 0.1) is 0 Å². The van der Waals surface area contributed by atoms with E-state index in [0.29, 0.717) is 12.5 Å². The number of hydrogen-bond acceptors (Lipinski definition) is 3. The van der Waals surface area contributed by atoms with E-state index in [9.17, 15) is 5.11 Å². The Morgan fingerprint density at radius 1 is 1.06 bits per heavy atom. The van der Waals surface area contributed by atoms with Gasteiger partial charge in [-0.15, -0.1) is 0 Å². The van der Waals surface area contributed by atoms with Gasteiger partial charge in [0.1, 0.15) is 0 Å². The van der Waals surface area contributed by atoms with Crippen molar-refractivity contribution in [1.82, 2.24) is 9.80 Å². The Hall–Kier alpha value is -0.120. The van der Waals surface area contributed by atoms with Crippen LogP contribution in [0.2, 0.25) is 0 Å². The van der Waals surface area contributed by atoms with E-state index in [4.69, 9.17) is 0 Å². The molecule has 1 aliphatic rings. The van der Waals surface area contributed by atoms with E-state index in [2.05, 4.69) is 23.8 Å². The average molecular weight is 242 g/mol. The van der Waals surface area contributed by atoms with Crippen LogP contribution in [0.25, 0.3) is 0 Å². The van der Waals surface area contributed by atoms with Gasteiger partial charge in [0.25, 0.3) is 0 Å². The fraction of sp³-hybridized carbons (Fsp3) is 1.00. The molecule has 1 N–H and O–H groups in total. The number of unbranched alkanes of at least 4 members (excludes halogenated alkanes) is 1. The van der Waals surface area contributed by atoms with Crippen molar-refractivity contribution in [1.29, 1.82) is 0 Å². The minimum absolute atomic E-state index is 0.377. The van der Waals surface area contributed by atoms with E-state index in [-0.39, 0.29) is 0 Å². The third kappa shape index (κ3) is 6.39. The van der Waals surface area contributed by atoms with Crippen LogP contribution in [-0.4, -0.2) is 61.3 Å². The molecular weight excluding hydrogens is 212 g/mol. The van der Waals surface area contributed by atoms with Crippen LogP contribution in [0, 0.1) is 5.92 Å². The lowest BCUT2D eigenvalue weighted by Gasteiger charge is -2.32. The molecule has 0 aromatic carbocycles. The van der Waals surface area contributed by atoms with Crippen molar-refractivity contribution in [2.45, 2.75) is 39.0 Å². The Labute approximate surface area is 107 Å². The summed E-state index contributed by atoms with van der Waals surface area (Å²) in [6, 6.07) is 0. The summed E-state index contributed by atoms with van der Waals surface area (Å²) in [7, 11) is 2.20. The molecule has 1 saturated heterocycles. The molecule has 1 rings (SSSR count). The Balaban J connectivity index is 1.99. The van der Waals surface area contributed by atoms with Crippen LogP contribution in [0.1, 0.15) is 39.0 Å². The van der Waals surface area contributed by atoms with Gasteiger partial charge in [0.2, 0.25) is 0 Å². The molecule has 0 amide bonds. The summed E-state index contributed by atoms with van der Waals surface area (Å²) < 4.78 is 0. The zero-order chi connectivity index (χ0) is 12.5. The Bertz CT molecular complexity index is 179. The van der Waals surface area contributed by atoms with Gasteiger partial charge in [0.15, 0.2) is 0 Å². The molecule has 102 valence electrons. The van der Waals surface area contributed by atoms with Crippen molar-refractivity contribution in [3.05, 3.63) is 0 Å². The van der Waals surface area contributed by atoms with Crippen molar-refractivity contribution in [3.63, 3.8) is 0 Å². The minimum atomic E-state index is 0.377. The zero-order valence-electron chi connectivity index (χ0n) is 11.7. The predicted molar refractivity (Wildman–Crippen MR) is 73.3 cm³/mol. The molecule has 0 saturated carbocycles. The molecule has 0 aromatic heterocycles. The molecule has 0 unspecified atom stereocenters. The van der Waals surface area contributed by atoms with Crippen LogP contribution in [0.3, 0.4) is 0 Å². The summed E-state index contributed by atoms with van der Waals surface area (Å²) in [5.74, 6) is 0.549. The molecule has 0 aromatic rings. The topological polar surface area (TPSA) is 26.7 Å². The highest BCUT2D eigenvalue weighted by atomic mass is 16.3. The standard InChI is InChI=1S/C14H30N2O/c1-3-6-14(13-17)7-4-5-8-16-11-9-15(2)10-12-16/h14,17H,3-13H2,1-2H3/t14-/m1/s1. The smallest absolute Gasteiger partial charge is 0.0459 e. The van der Waals surface area contributed by atoms with Gasteiger partial charge in [-0.05, 0) is 38.8 Å². The molecule has 1 aliphatic heterocycles. The Morgan fingerprint density at radius 2 is 1.76 bits per heavy atom. The third-order valence-corrected chi connectivity index (χ3v) is 3.89. The number of rotatable bonds is 8. The fourth-order valence-corrected chi connectivity index (χ4v) is 2.58. The number of aliphatic hydroxyl groups excluding tert-OH is 1. The van der Waals surface area contributed by atoms with Gasteiger partial charge in [-0.25, -0.2) is 0 Å². The van der Waals surface area contributed by atoms with Crippen molar-refractivity contribution in [3.8, 4) is 0 Å². The third-order valence-electron chi connectivity index (χ3n) is 3.89. The minimum Gasteiger partial charge on any atom is -0.396 e. The van der Waals surface area contributed by atoms with Crippen molar-refractivity contribution < 1.29 is 5.11 Å². The largest absolute Gasteiger partial charge is 0.396 e. The lowest BCUT2D eigenvalue weighted by atomic mass is 9.98. The molecule has 3 nitrogen and oxygen atoms in total. The molecule has 0 aliphatic carbocycles. The van der Waals surface area contributed by atoms with Gasteiger partial charge in [-0.2, -0.15) is 0 Å². The Kier molecular flexibility index (Phi) is 7.82. The molecular formula is C14H30N2O. The van der Waals surface area contributed by atoms with Gasteiger partial charge in [-0.3, -0.25) is 0 Å². The van der Waals surface area contributed by atoms with Gasteiger partial charge >= 0.3 is 0 Å². The van der Waals surface area contributed by atoms with Crippen LogP contribution >= 0.6 is 0 Å². The molecule has 0 radical (unpaired) electrons. The SMILES string of the molecule is CCC[C@@H](CO)CCCCN1CCN(C)CC1. The monoisotopic (exact) mass is 242 g/mol. The summed E-state index contributed by atoms with van der Waals surface area (Å²) in [5, 5.41) is 9.22. The average Bonchev–Trinajstić information content (AvgIpc) is 2.35. The summed E-state index contributed by atoms with van der Waals surface area (Å²) >= 11 is 0. The highest BCUT2D eigenvalue weighted by molar-refractivity contribution is 4.69. The number of likely N-dealkylation sites (N-methyl/N-ethyl adjacent to an activating group) is 1. The maximum Gasteiger partial charge on any atom is 0.0459 e. The fourth-order valence-electron chi connectivity index (χ4n) is 2.58. The molecule has 1 atom stereocenters. The van der Waals surface area contributed by atoms with Gasteiger partial charge in [-0.1, -0.05) is 19.8 Å². The summed E-state index contributed by atoms with van der Waals surface area (Å²) in [6.45, 7) is 8.72. The highest BCUT2D eigenvalue weighted by Crippen LogP contribution is 2.14. The first-order valence-corrected chi connectivity index (χ1v) is 7.28. The maximum atomic E-state index is 9.22. The highest BCUT2D eigenvalue weighted by Gasteiger charge is 2.13. The number of piperazine rings is 1. The second-order valence-corrected chi connectivity index (χ2v) is 5.48. The van der Waals surface area contributed by atoms with Crippen LogP contribution in [0.15, 0.2) is 0 Å². The zero-order valence-corrected chi connectivity index (χ0v) is 11.7. The number of nitrogens with zero attached hydrogens (tertiary/aromatic N) is 2. The van der Waals surface area contributed by atoms with Crippen molar-refractivity contribution in [2.75, 3.05) is 46.4 Å². The maximum absolute atomic E-state index is 9.22.